The van der Waals surface area contributed by atoms with E-state index in [0.717, 1.165) is 19.4 Å². The van der Waals surface area contributed by atoms with Gasteiger partial charge in [-0.15, -0.1) is 6.58 Å². The van der Waals surface area contributed by atoms with Crippen molar-refractivity contribution in [2.24, 2.45) is 4.99 Å². The Morgan fingerprint density at radius 3 is 2.67 bits per heavy atom. The van der Waals surface area contributed by atoms with Crippen molar-refractivity contribution in [3.8, 4) is 0 Å². The number of nitrogens with zero attached hydrogens (tertiary/aromatic N) is 1. The normalized spacial score (nSPS) is 10.8. The zero-order chi connectivity index (χ0) is 9.07. The van der Waals surface area contributed by atoms with E-state index in [1.807, 2.05) is 6.08 Å². The summed E-state index contributed by atoms with van der Waals surface area (Å²) in [5.74, 6) is 0. The van der Waals surface area contributed by atoms with E-state index in [1.165, 1.54) is 25.7 Å². The fraction of sp³-hybridized carbons (Fsp3) is 0.727. The van der Waals surface area contributed by atoms with Crippen LogP contribution in [0.15, 0.2) is 17.6 Å². The SMILES string of the molecule is C=CCCCC=NCCCCC. The van der Waals surface area contributed by atoms with Crippen LogP contribution in [0.2, 0.25) is 0 Å². The Hall–Kier alpha value is -0.590. The summed E-state index contributed by atoms with van der Waals surface area (Å²) in [4.78, 5) is 4.32. The third-order valence-electron chi connectivity index (χ3n) is 1.76. The highest BCUT2D eigenvalue weighted by Gasteiger charge is 1.82. The molecule has 0 aromatic carbocycles. The van der Waals surface area contributed by atoms with Crippen LogP contribution in [0.4, 0.5) is 0 Å². The number of rotatable bonds is 8. The Bertz CT molecular complexity index is 116. The lowest BCUT2D eigenvalue weighted by Gasteiger charge is -1.92. The molecule has 1 heteroatoms. The second-order valence-corrected chi connectivity index (χ2v) is 3.02. The Morgan fingerprint density at radius 1 is 1.17 bits per heavy atom. The molecule has 0 amide bonds. The average Bonchev–Trinajstić information content (AvgIpc) is 2.10. The third-order valence-corrected chi connectivity index (χ3v) is 1.76. The van der Waals surface area contributed by atoms with Gasteiger partial charge >= 0.3 is 0 Å². The quantitative estimate of drug-likeness (QED) is 0.297. The van der Waals surface area contributed by atoms with E-state index in [9.17, 15) is 0 Å². The average molecular weight is 167 g/mol. The Morgan fingerprint density at radius 2 is 2.00 bits per heavy atom. The lowest BCUT2D eigenvalue weighted by molar-refractivity contribution is 0.727. The fourth-order valence-electron chi connectivity index (χ4n) is 0.989. The second kappa shape index (κ2) is 10.4. The van der Waals surface area contributed by atoms with Gasteiger partial charge < -0.3 is 0 Å². The first kappa shape index (κ1) is 11.4. The third kappa shape index (κ3) is 9.41. The number of hydrogen-bond acceptors (Lipinski definition) is 1. The van der Waals surface area contributed by atoms with Crippen LogP contribution in [0, 0.1) is 0 Å². The van der Waals surface area contributed by atoms with E-state index in [4.69, 9.17) is 0 Å². The molecule has 0 radical (unpaired) electrons. The van der Waals surface area contributed by atoms with Crippen LogP contribution in [-0.2, 0) is 0 Å². The molecule has 0 aromatic heterocycles. The molecule has 0 fully saturated rings. The highest BCUT2D eigenvalue weighted by atomic mass is 14.7. The smallest absolute Gasteiger partial charge is 0.0385 e. The number of aliphatic imine (C=N–C) groups is 1. The molecule has 0 spiro atoms. The molecule has 0 aromatic rings. The highest BCUT2D eigenvalue weighted by Crippen LogP contribution is 1.95. The zero-order valence-corrected chi connectivity index (χ0v) is 8.26. The minimum atomic E-state index is 1.02. The summed E-state index contributed by atoms with van der Waals surface area (Å²) in [6.45, 7) is 6.91. The van der Waals surface area contributed by atoms with Crippen molar-refractivity contribution in [3.63, 3.8) is 0 Å². The van der Waals surface area contributed by atoms with Crippen LogP contribution in [0.25, 0.3) is 0 Å². The van der Waals surface area contributed by atoms with Crippen molar-refractivity contribution in [3.05, 3.63) is 12.7 Å². The van der Waals surface area contributed by atoms with Crippen LogP contribution >= 0.6 is 0 Å². The van der Waals surface area contributed by atoms with E-state index in [1.54, 1.807) is 0 Å². The van der Waals surface area contributed by atoms with Crippen LogP contribution in [0.1, 0.15) is 45.4 Å². The molecular formula is C11H21N. The minimum absolute atomic E-state index is 1.02. The Kier molecular flexibility index (Phi) is 9.90. The second-order valence-electron chi connectivity index (χ2n) is 3.02. The summed E-state index contributed by atoms with van der Waals surface area (Å²) in [5.41, 5.74) is 0. The predicted molar refractivity (Wildman–Crippen MR) is 56.9 cm³/mol. The van der Waals surface area contributed by atoms with Gasteiger partial charge in [-0.25, -0.2) is 0 Å². The van der Waals surface area contributed by atoms with Crippen molar-refractivity contribution >= 4 is 6.21 Å². The first-order valence-electron chi connectivity index (χ1n) is 5.01. The number of unbranched alkanes of at least 4 members (excludes halogenated alkanes) is 4. The summed E-state index contributed by atoms with van der Waals surface area (Å²) in [5, 5.41) is 0. The summed E-state index contributed by atoms with van der Waals surface area (Å²) in [6.07, 6.45) is 11.3. The molecule has 0 heterocycles. The molecule has 0 aliphatic carbocycles. The minimum Gasteiger partial charge on any atom is -0.298 e. The van der Waals surface area contributed by atoms with Crippen molar-refractivity contribution in [2.75, 3.05) is 6.54 Å². The molecule has 0 rings (SSSR count). The summed E-state index contributed by atoms with van der Waals surface area (Å²) in [6, 6.07) is 0. The first-order chi connectivity index (χ1) is 5.91. The fourth-order valence-corrected chi connectivity index (χ4v) is 0.989. The lowest BCUT2D eigenvalue weighted by Crippen LogP contribution is -1.82. The van der Waals surface area contributed by atoms with Crippen molar-refractivity contribution < 1.29 is 0 Å². The molecule has 0 N–H and O–H groups in total. The van der Waals surface area contributed by atoms with Crippen molar-refractivity contribution in [1.82, 2.24) is 0 Å². The maximum absolute atomic E-state index is 4.32. The standard InChI is InChI=1S/C11H21N/c1-3-5-7-9-11-12-10-8-6-4-2/h3,11H,1,4-10H2,2H3. The molecule has 0 aliphatic heterocycles. The van der Waals surface area contributed by atoms with Crippen LogP contribution in [0.5, 0.6) is 0 Å². The summed E-state index contributed by atoms with van der Waals surface area (Å²) < 4.78 is 0. The van der Waals surface area contributed by atoms with Crippen LogP contribution in [-0.4, -0.2) is 12.8 Å². The van der Waals surface area contributed by atoms with Gasteiger partial charge in [-0.3, -0.25) is 4.99 Å². The Labute approximate surface area is 76.6 Å². The monoisotopic (exact) mass is 167 g/mol. The number of allylic oxidation sites excluding steroid dienone is 1. The molecular weight excluding hydrogens is 146 g/mol. The Balaban J connectivity index is 2.98. The van der Waals surface area contributed by atoms with Crippen molar-refractivity contribution in [2.45, 2.75) is 45.4 Å². The molecule has 12 heavy (non-hydrogen) atoms. The molecule has 70 valence electrons. The molecule has 0 saturated heterocycles. The molecule has 0 aliphatic rings. The summed E-state index contributed by atoms with van der Waals surface area (Å²) in [7, 11) is 0. The van der Waals surface area contributed by atoms with Gasteiger partial charge in [0.2, 0.25) is 0 Å². The first-order valence-corrected chi connectivity index (χ1v) is 5.01. The van der Waals surface area contributed by atoms with Gasteiger partial charge in [-0.2, -0.15) is 0 Å². The zero-order valence-electron chi connectivity index (χ0n) is 8.26. The highest BCUT2D eigenvalue weighted by molar-refractivity contribution is 5.56. The molecule has 0 unspecified atom stereocenters. The van der Waals surface area contributed by atoms with Gasteiger partial charge in [0.25, 0.3) is 0 Å². The van der Waals surface area contributed by atoms with E-state index < -0.39 is 0 Å². The van der Waals surface area contributed by atoms with Gasteiger partial charge in [0.1, 0.15) is 0 Å². The van der Waals surface area contributed by atoms with Gasteiger partial charge in [0.05, 0.1) is 0 Å². The van der Waals surface area contributed by atoms with E-state index >= 15 is 0 Å². The molecule has 0 atom stereocenters. The predicted octanol–water partition coefficient (Wildman–Crippen LogP) is 3.60. The number of hydrogen-bond donors (Lipinski definition) is 0. The largest absolute Gasteiger partial charge is 0.298 e. The topological polar surface area (TPSA) is 12.4 Å². The molecule has 1 nitrogen and oxygen atoms in total. The maximum atomic E-state index is 4.32. The molecule has 0 bridgehead atoms. The van der Waals surface area contributed by atoms with Crippen molar-refractivity contribution in [1.29, 1.82) is 0 Å². The van der Waals surface area contributed by atoms with E-state index in [2.05, 4.69) is 24.7 Å². The van der Waals surface area contributed by atoms with Gasteiger partial charge in [-0.05, 0) is 31.9 Å². The van der Waals surface area contributed by atoms with E-state index in [0.29, 0.717) is 0 Å². The maximum Gasteiger partial charge on any atom is 0.0385 e. The molecule has 0 saturated carbocycles. The van der Waals surface area contributed by atoms with Gasteiger partial charge in [0, 0.05) is 6.54 Å². The van der Waals surface area contributed by atoms with Gasteiger partial charge in [0.15, 0.2) is 0 Å². The van der Waals surface area contributed by atoms with Crippen LogP contribution < -0.4 is 0 Å². The van der Waals surface area contributed by atoms with E-state index in [-0.39, 0.29) is 0 Å². The summed E-state index contributed by atoms with van der Waals surface area (Å²) >= 11 is 0. The van der Waals surface area contributed by atoms with Gasteiger partial charge in [-0.1, -0.05) is 25.8 Å². The van der Waals surface area contributed by atoms with Crippen LogP contribution in [0.3, 0.4) is 0 Å². The lowest BCUT2D eigenvalue weighted by atomic mass is 10.2.